The van der Waals surface area contributed by atoms with E-state index in [1.165, 1.54) is 12.1 Å². The van der Waals surface area contributed by atoms with Gasteiger partial charge in [-0.25, -0.2) is 0 Å². The highest BCUT2D eigenvalue weighted by molar-refractivity contribution is 5.80. The number of nitro benzene ring substituents is 1. The Bertz CT molecular complexity index is 939. The van der Waals surface area contributed by atoms with E-state index in [0.717, 1.165) is 28.1 Å². The molecule has 0 saturated heterocycles. The largest absolute Gasteiger partial charge is 0.477 e. The Labute approximate surface area is 163 Å². The topological polar surface area (TPSA) is 76.9 Å². The number of rotatable bonds is 7. The van der Waals surface area contributed by atoms with E-state index in [1.54, 1.807) is 12.1 Å². The van der Waals surface area contributed by atoms with Crippen LogP contribution in [-0.2, 0) is 10.4 Å². The fraction of sp³-hybridized carbons (Fsp3) is 0.333. The van der Waals surface area contributed by atoms with E-state index in [9.17, 15) is 10.1 Å². The summed E-state index contributed by atoms with van der Waals surface area (Å²) in [6.45, 7) is 2.63. The molecule has 1 saturated carbocycles. The number of fused-ring (bicyclic) bond motifs is 2. The molecule has 2 aliphatic rings. The molecule has 2 unspecified atom stereocenters. The van der Waals surface area contributed by atoms with Crippen LogP contribution in [0.1, 0.15) is 24.5 Å². The second-order valence-electron chi connectivity index (χ2n) is 7.49. The lowest BCUT2D eigenvalue weighted by atomic mass is 10.0. The van der Waals surface area contributed by atoms with Crippen molar-refractivity contribution in [2.75, 3.05) is 20.7 Å². The molecule has 1 heterocycles. The average molecular weight is 381 g/mol. The van der Waals surface area contributed by atoms with Crippen molar-refractivity contribution in [3.8, 4) is 5.75 Å². The van der Waals surface area contributed by atoms with Crippen molar-refractivity contribution in [2.45, 2.75) is 25.0 Å². The molecule has 0 bridgehead atoms. The summed E-state index contributed by atoms with van der Waals surface area (Å²) in [5.41, 5.74) is 6.52. The number of benzene rings is 2. The van der Waals surface area contributed by atoms with Crippen LogP contribution in [0.3, 0.4) is 0 Å². The number of para-hydroxylation sites is 1. The van der Waals surface area contributed by atoms with E-state index in [2.05, 4.69) is 17.3 Å². The first-order chi connectivity index (χ1) is 13.4. The molecule has 28 heavy (non-hydrogen) atoms. The Morgan fingerprint density at radius 3 is 2.64 bits per heavy atom. The fourth-order valence-electron chi connectivity index (χ4n) is 3.39. The Hall–Kier alpha value is -2.90. The van der Waals surface area contributed by atoms with Gasteiger partial charge in [-0.3, -0.25) is 20.4 Å². The molecule has 2 aromatic carbocycles. The summed E-state index contributed by atoms with van der Waals surface area (Å²) in [6.07, 6.45) is 0.717. The van der Waals surface area contributed by atoms with Gasteiger partial charge in [-0.05, 0) is 45.3 Å². The summed E-state index contributed by atoms with van der Waals surface area (Å²) in [4.78, 5) is 18.4. The van der Waals surface area contributed by atoms with Crippen LogP contribution in [0, 0.1) is 10.1 Å². The van der Waals surface area contributed by atoms with E-state index >= 15 is 0 Å². The lowest BCUT2D eigenvalue weighted by Gasteiger charge is -2.27. The average Bonchev–Trinajstić information content (AvgIpc) is 3.42. The van der Waals surface area contributed by atoms with Gasteiger partial charge < -0.3 is 9.64 Å². The standard InChI is InChI=1S/C21H23N3O4/c1-14(23(2)3)13-27-22-20-17-6-4-5-7-19(17)28-21(12-18(20)21)15-8-10-16(11-9-15)24(25)26/h4-11,14,22H,12-13H2,1-3H3. The highest BCUT2D eigenvalue weighted by Gasteiger charge is 2.58. The molecule has 1 N–H and O–H groups in total. The third kappa shape index (κ3) is 3.12. The Kier molecular flexibility index (Phi) is 4.56. The van der Waals surface area contributed by atoms with Gasteiger partial charge in [0.25, 0.3) is 5.69 Å². The van der Waals surface area contributed by atoms with Crippen LogP contribution in [0.2, 0.25) is 0 Å². The van der Waals surface area contributed by atoms with Gasteiger partial charge in [0.2, 0.25) is 0 Å². The number of likely N-dealkylation sites (N-methyl/N-ethyl adjacent to an activating group) is 1. The molecule has 0 radical (unpaired) electrons. The maximum Gasteiger partial charge on any atom is 0.269 e. The van der Waals surface area contributed by atoms with E-state index in [4.69, 9.17) is 9.57 Å². The molecule has 7 heteroatoms. The molecule has 146 valence electrons. The highest BCUT2D eigenvalue weighted by Crippen LogP contribution is 2.61. The van der Waals surface area contributed by atoms with Crippen molar-refractivity contribution in [2.24, 2.45) is 0 Å². The van der Waals surface area contributed by atoms with Crippen LogP contribution < -0.4 is 10.2 Å². The number of ether oxygens (including phenoxy) is 1. The minimum atomic E-state index is -0.581. The lowest BCUT2D eigenvalue weighted by molar-refractivity contribution is -0.384. The van der Waals surface area contributed by atoms with Gasteiger partial charge in [0, 0.05) is 41.3 Å². The van der Waals surface area contributed by atoms with E-state index < -0.39 is 10.5 Å². The van der Waals surface area contributed by atoms with Gasteiger partial charge in [0.05, 0.1) is 17.2 Å². The van der Waals surface area contributed by atoms with Gasteiger partial charge in [0.1, 0.15) is 5.75 Å². The normalized spacial score (nSPS) is 20.9. The Balaban J connectivity index is 1.63. The summed E-state index contributed by atoms with van der Waals surface area (Å²) >= 11 is 0. The second kappa shape index (κ2) is 6.92. The molecule has 2 aromatic rings. The number of hydroxylamine groups is 1. The van der Waals surface area contributed by atoms with Crippen LogP contribution in [0.15, 0.2) is 54.1 Å². The molecule has 1 fully saturated rings. The minimum Gasteiger partial charge on any atom is -0.477 e. The Morgan fingerprint density at radius 1 is 1.25 bits per heavy atom. The maximum atomic E-state index is 11.0. The molecular formula is C21H23N3O4. The predicted molar refractivity (Wildman–Crippen MR) is 106 cm³/mol. The quantitative estimate of drug-likeness (QED) is 0.585. The number of hydrogen-bond acceptors (Lipinski definition) is 6. The van der Waals surface area contributed by atoms with Crippen LogP contribution in [0.5, 0.6) is 5.75 Å². The summed E-state index contributed by atoms with van der Waals surface area (Å²) < 4.78 is 6.34. The van der Waals surface area contributed by atoms with E-state index in [1.807, 2.05) is 38.4 Å². The minimum absolute atomic E-state index is 0.0712. The second-order valence-corrected chi connectivity index (χ2v) is 7.49. The van der Waals surface area contributed by atoms with Crippen molar-refractivity contribution in [1.29, 1.82) is 0 Å². The summed E-state index contributed by atoms with van der Waals surface area (Å²) in [7, 11) is 4.03. The molecule has 2 atom stereocenters. The molecule has 0 amide bonds. The zero-order chi connectivity index (χ0) is 19.9. The lowest BCUT2D eigenvalue weighted by Crippen LogP contribution is -2.32. The van der Waals surface area contributed by atoms with Gasteiger partial charge in [-0.2, -0.15) is 0 Å². The summed E-state index contributed by atoms with van der Waals surface area (Å²) in [5, 5.41) is 11.0. The summed E-state index contributed by atoms with van der Waals surface area (Å²) in [6, 6.07) is 14.7. The number of nitrogens with zero attached hydrogens (tertiary/aromatic N) is 2. The van der Waals surface area contributed by atoms with Crippen molar-refractivity contribution in [3.05, 3.63) is 75.3 Å². The first-order valence-electron chi connectivity index (χ1n) is 9.23. The van der Waals surface area contributed by atoms with Gasteiger partial charge in [-0.15, -0.1) is 0 Å². The smallest absolute Gasteiger partial charge is 0.269 e. The molecule has 7 nitrogen and oxygen atoms in total. The van der Waals surface area contributed by atoms with Crippen molar-refractivity contribution in [3.63, 3.8) is 0 Å². The van der Waals surface area contributed by atoms with Crippen LogP contribution in [0.4, 0.5) is 5.69 Å². The highest BCUT2D eigenvalue weighted by atomic mass is 16.6. The SMILES string of the molecule is CC(CONC1=C2CC2(c2ccc([N+](=O)[O-])cc2)Oc2ccccc21)N(C)C. The molecule has 0 spiro atoms. The zero-order valence-corrected chi connectivity index (χ0v) is 16.1. The first kappa shape index (κ1) is 18.5. The van der Waals surface area contributed by atoms with Crippen molar-refractivity contribution in [1.82, 2.24) is 10.4 Å². The van der Waals surface area contributed by atoms with Crippen LogP contribution >= 0.6 is 0 Å². The molecular weight excluding hydrogens is 358 g/mol. The molecule has 1 aliphatic heterocycles. The third-order valence-electron chi connectivity index (χ3n) is 5.46. The van der Waals surface area contributed by atoms with Gasteiger partial charge in [-0.1, -0.05) is 12.1 Å². The Morgan fingerprint density at radius 2 is 1.96 bits per heavy atom. The van der Waals surface area contributed by atoms with Crippen LogP contribution in [0.25, 0.3) is 5.70 Å². The zero-order valence-electron chi connectivity index (χ0n) is 16.1. The predicted octanol–water partition coefficient (Wildman–Crippen LogP) is 3.47. The van der Waals surface area contributed by atoms with Gasteiger partial charge >= 0.3 is 0 Å². The first-order valence-corrected chi connectivity index (χ1v) is 9.23. The number of nitrogens with one attached hydrogen (secondary N) is 1. The van der Waals surface area contributed by atoms with Crippen molar-refractivity contribution >= 4 is 11.4 Å². The van der Waals surface area contributed by atoms with E-state index in [0.29, 0.717) is 13.0 Å². The van der Waals surface area contributed by atoms with E-state index in [-0.39, 0.29) is 11.7 Å². The number of non-ortho nitro benzene ring substituents is 1. The number of nitro groups is 1. The molecule has 4 rings (SSSR count). The monoisotopic (exact) mass is 381 g/mol. The van der Waals surface area contributed by atoms with Crippen LogP contribution in [-0.4, -0.2) is 36.6 Å². The maximum absolute atomic E-state index is 11.0. The third-order valence-corrected chi connectivity index (χ3v) is 5.46. The fourth-order valence-corrected chi connectivity index (χ4v) is 3.39. The van der Waals surface area contributed by atoms with Crippen molar-refractivity contribution < 1.29 is 14.5 Å². The van der Waals surface area contributed by atoms with Gasteiger partial charge in [0.15, 0.2) is 5.60 Å². The molecule has 1 aliphatic carbocycles. The molecule has 0 aromatic heterocycles. The number of hydrogen-bond donors (Lipinski definition) is 1. The summed E-state index contributed by atoms with van der Waals surface area (Å²) in [5.74, 6) is 0.772.